The van der Waals surface area contributed by atoms with Crippen LogP contribution in [0.1, 0.15) is 63.1 Å². The molecule has 1 aromatic rings. The molecule has 3 N–H and O–H groups in total. The molecular formula is C25H37N3O5. The first-order chi connectivity index (χ1) is 15.9. The van der Waals surface area contributed by atoms with Gasteiger partial charge in [-0.2, -0.15) is 0 Å². The normalized spacial score (nSPS) is 24.6. The van der Waals surface area contributed by atoms with Crippen LogP contribution in [-0.4, -0.2) is 60.5 Å². The van der Waals surface area contributed by atoms with Crippen LogP contribution in [0.25, 0.3) is 0 Å². The zero-order chi connectivity index (χ0) is 23.3. The maximum Gasteiger partial charge on any atom is 0.326 e. The van der Waals surface area contributed by atoms with E-state index in [0.717, 1.165) is 50.2 Å². The lowest BCUT2D eigenvalue weighted by Crippen LogP contribution is -2.49. The second kappa shape index (κ2) is 10.8. The summed E-state index contributed by atoms with van der Waals surface area (Å²) in [5.74, 6) is 0.470. The molecule has 3 heterocycles. The quantitative estimate of drug-likeness (QED) is 0.493. The Bertz CT molecular complexity index is 833. The second-order valence-corrected chi connectivity index (χ2v) is 10.0. The van der Waals surface area contributed by atoms with E-state index in [-0.39, 0.29) is 18.4 Å². The number of hydrogen-bond acceptors (Lipinski definition) is 6. The first-order valence-corrected chi connectivity index (χ1v) is 12.4. The van der Waals surface area contributed by atoms with Gasteiger partial charge >= 0.3 is 5.97 Å². The highest BCUT2D eigenvalue weighted by atomic mass is 16.5. The molecule has 1 amide bonds. The number of carboxylic acids is 1. The average molecular weight is 460 g/mol. The van der Waals surface area contributed by atoms with Crippen molar-refractivity contribution < 1.29 is 24.2 Å². The van der Waals surface area contributed by atoms with E-state index in [1.54, 1.807) is 0 Å². The average Bonchev–Trinajstić information content (AvgIpc) is 2.79. The standard InChI is InChI=1S/C25H37N3O5/c1-25(9-13-32-14-10-25)24(31)28-21(23(29)30)8-12-33-20-15-17(16-20)4-6-19-7-5-18-3-2-11-26-22(18)27-19/h5,7,17,20-21H,2-4,6,8-16H2,1H3,(H,26,27)(H,28,31)(H,29,30)/t17-,20-,21?. The van der Waals surface area contributed by atoms with E-state index < -0.39 is 17.4 Å². The Hall–Kier alpha value is -2.19. The molecule has 0 spiro atoms. The number of carbonyl (C=O) groups excluding carboxylic acids is 1. The Balaban J connectivity index is 1.13. The number of nitrogens with one attached hydrogen (secondary N) is 2. The number of nitrogens with zero attached hydrogens (tertiary/aromatic N) is 1. The number of fused-ring (bicyclic) bond motifs is 1. The first kappa shape index (κ1) is 24.0. The summed E-state index contributed by atoms with van der Waals surface area (Å²) in [6.07, 6.45) is 8.06. The maximum absolute atomic E-state index is 12.6. The molecule has 1 saturated carbocycles. The van der Waals surface area contributed by atoms with Crippen LogP contribution >= 0.6 is 0 Å². The highest BCUT2D eigenvalue weighted by molar-refractivity contribution is 5.87. The van der Waals surface area contributed by atoms with Crippen LogP contribution in [0.3, 0.4) is 0 Å². The third-order valence-electron chi connectivity index (χ3n) is 7.46. The van der Waals surface area contributed by atoms with Crippen molar-refractivity contribution >= 4 is 17.7 Å². The predicted molar refractivity (Wildman–Crippen MR) is 124 cm³/mol. The molecule has 0 bridgehead atoms. The molecule has 3 aliphatic rings. The van der Waals surface area contributed by atoms with Gasteiger partial charge in [0.1, 0.15) is 11.9 Å². The molecule has 182 valence electrons. The van der Waals surface area contributed by atoms with Gasteiger partial charge in [0.15, 0.2) is 0 Å². The van der Waals surface area contributed by atoms with Crippen molar-refractivity contribution in [1.29, 1.82) is 0 Å². The summed E-state index contributed by atoms with van der Waals surface area (Å²) in [6.45, 7) is 4.29. The lowest BCUT2D eigenvalue weighted by atomic mass is 9.79. The fraction of sp³-hybridized carbons (Fsp3) is 0.720. The van der Waals surface area contributed by atoms with E-state index in [4.69, 9.17) is 14.5 Å². The van der Waals surface area contributed by atoms with E-state index in [2.05, 4.69) is 22.8 Å². The number of aryl methyl sites for hydroxylation is 2. The van der Waals surface area contributed by atoms with Gasteiger partial charge in [-0.05, 0) is 68.9 Å². The van der Waals surface area contributed by atoms with E-state index >= 15 is 0 Å². The van der Waals surface area contributed by atoms with Gasteiger partial charge in [-0.1, -0.05) is 13.0 Å². The molecule has 2 aliphatic heterocycles. The Kier molecular flexibility index (Phi) is 7.86. The van der Waals surface area contributed by atoms with Gasteiger partial charge in [-0.25, -0.2) is 9.78 Å². The zero-order valence-electron chi connectivity index (χ0n) is 19.6. The molecule has 8 nitrogen and oxygen atoms in total. The monoisotopic (exact) mass is 459 g/mol. The van der Waals surface area contributed by atoms with Gasteiger partial charge in [0.25, 0.3) is 0 Å². The van der Waals surface area contributed by atoms with Crippen LogP contribution in [0.5, 0.6) is 0 Å². The second-order valence-electron chi connectivity index (χ2n) is 10.0. The summed E-state index contributed by atoms with van der Waals surface area (Å²) >= 11 is 0. The largest absolute Gasteiger partial charge is 0.480 e. The SMILES string of the molecule is CC1(C(=O)NC(CCO[C@H]2C[C@H](CCc3ccc4c(n3)NCCC4)C2)C(=O)O)CCOCC1. The van der Waals surface area contributed by atoms with Crippen molar-refractivity contribution in [3.05, 3.63) is 23.4 Å². The number of carboxylic acid groups (broad SMARTS) is 1. The summed E-state index contributed by atoms with van der Waals surface area (Å²) in [6, 6.07) is 3.44. The molecule has 1 unspecified atom stereocenters. The van der Waals surface area contributed by atoms with Crippen LogP contribution in [0, 0.1) is 11.3 Å². The van der Waals surface area contributed by atoms with Gasteiger partial charge < -0.3 is 25.2 Å². The number of rotatable bonds is 10. The van der Waals surface area contributed by atoms with Crippen molar-refractivity contribution in [3.63, 3.8) is 0 Å². The number of ether oxygens (including phenoxy) is 2. The minimum atomic E-state index is -1.01. The Morgan fingerprint density at radius 3 is 2.88 bits per heavy atom. The number of anilines is 1. The minimum Gasteiger partial charge on any atom is -0.480 e. The van der Waals surface area contributed by atoms with Crippen molar-refractivity contribution in [3.8, 4) is 0 Å². The number of pyridine rings is 1. The molecule has 1 aliphatic carbocycles. The highest BCUT2D eigenvalue weighted by Crippen LogP contribution is 2.34. The molecule has 0 radical (unpaired) electrons. The van der Waals surface area contributed by atoms with E-state index in [1.807, 2.05) is 6.92 Å². The Labute approximate surface area is 195 Å². The van der Waals surface area contributed by atoms with Crippen LogP contribution in [0.2, 0.25) is 0 Å². The van der Waals surface area contributed by atoms with Crippen molar-refractivity contribution in [2.24, 2.45) is 11.3 Å². The molecule has 1 aromatic heterocycles. The lowest BCUT2D eigenvalue weighted by Gasteiger charge is -2.36. The number of aliphatic carboxylic acids is 1. The molecular weight excluding hydrogens is 422 g/mol. The lowest BCUT2D eigenvalue weighted by molar-refractivity contribution is -0.146. The summed E-state index contributed by atoms with van der Waals surface area (Å²) in [5, 5.41) is 15.6. The third-order valence-corrected chi connectivity index (χ3v) is 7.46. The fourth-order valence-corrected chi connectivity index (χ4v) is 4.90. The van der Waals surface area contributed by atoms with Gasteiger partial charge in [-0.3, -0.25) is 4.79 Å². The number of carbonyl (C=O) groups is 2. The van der Waals surface area contributed by atoms with Crippen molar-refractivity contribution in [1.82, 2.24) is 10.3 Å². The van der Waals surface area contributed by atoms with Crippen LogP contribution in [-0.2, 0) is 31.9 Å². The van der Waals surface area contributed by atoms with Gasteiger partial charge in [0, 0.05) is 38.5 Å². The summed E-state index contributed by atoms with van der Waals surface area (Å²) in [7, 11) is 0. The third kappa shape index (κ3) is 6.23. The molecule has 2 fully saturated rings. The minimum absolute atomic E-state index is 0.186. The van der Waals surface area contributed by atoms with Gasteiger partial charge in [-0.15, -0.1) is 0 Å². The zero-order valence-corrected chi connectivity index (χ0v) is 19.6. The van der Waals surface area contributed by atoms with Crippen LogP contribution < -0.4 is 10.6 Å². The van der Waals surface area contributed by atoms with Gasteiger partial charge in [0.2, 0.25) is 5.91 Å². The fourth-order valence-electron chi connectivity index (χ4n) is 4.90. The van der Waals surface area contributed by atoms with Crippen LogP contribution in [0.4, 0.5) is 5.82 Å². The predicted octanol–water partition coefficient (Wildman–Crippen LogP) is 2.94. The number of amides is 1. The summed E-state index contributed by atoms with van der Waals surface area (Å²) < 4.78 is 11.2. The molecule has 1 saturated heterocycles. The van der Waals surface area contributed by atoms with E-state index in [1.165, 1.54) is 12.0 Å². The maximum atomic E-state index is 12.6. The molecule has 0 aromatic carbocycles. The highest BCUT2D eigenvalue weighted by Gasteiger charge is 2.37. The number of aromatic nitrogens is 1. The Morgan fingerprint density at radius 1 is 1.33 bits per heavy atom. The molecule has 4 rings (SSSR count). The first-order valence-electron chi connectivity index (χ1n) is 12.4. The summed E-state index contributed by atoms with van der Waals surface area (Å²) in [5.41, 5.74) is 1.90. The summed E-state index contributed by atoms with van der Waals surface area (Å²) in [4.78, 5) is 29.0. The van der Waals surface area contributed by atoms with E-state index in [0.29, 0.717) is 38.6 Å². The topological polar surface area (TPSA) is 110 Å². The van der Waals surface area contributed by atoms with Crippen LogP contribution in [0.15, 0.2) is 12.1 Å². The van der Waals surface area contributed by atoms with Crippen molar-refractivity contribution in [2.45, 2.75) is 76.9 Å². The molecule has 8 heteroatoms. The van der Waals surface area contributed by atoms with Gasteiger partial charge in [0.05, 0.1) is 11.5 Å². The number of hydrogen-bond donors (Lipinski definition) is 3. The van der Waals surface area contributed by atoms with Crippen molar-refractivity contribution in [2.75, 3.05) is 31.7 Å². The Morgan fingerprint density at radius 2 is 2.12 bits per heavy atom. The smallest absolute Gasteiger partial charge is 0.326 e. The molecule has 33 heavy (non-hydrogen) atoms. The van der Waals surface area contributed by atoms with E-state index in [9.17, 15) is 14.7 Å². The molecule has 1 atom stereocenters.